The maximum atomic E-state index is 12.2. The molecule has 2 aliphatic rings. The van der Waals surface area contributed by atoms with Gasteiger partial charge in [-0.15, -0.1) is 0 Å². The summed E-state index contributed by atoms with van der Waals surface area (Å²) in [6, 6.07) is 7.93. The van der Waals surface area contributed by atoms with Crippen LogP contribution in [0.15, 0.2) is 24.3 Å². The minimum Gasteiger partial charge on any atom is -0.479 e. The number of carboxylic acid groups (broad SMARTS) is 1. The second-order valence-electron chi connectivity index (χ2n) is 5.99. The van der Waals surface area contributed by atoms with Gasteiger partial charge in [-0.1, -0.05) is 0 Å². The summed E-state index contributed by atoms with van der Waals surface area (Å²) in [5.74, 6) is -0.874. The van der Waals surface area contributed by atoms with Crippen LogP contribution in [-0.4, -0.2) is 22.6 Å². The first-order valence-corrected chi connectivity index (χ1v) is 7.39. The molecular formula is C16H17N3O3. The Morgan fingerprint density at radius 2 is 1.68 bits per heavy atom. The number of hydrogen-bond donors (Lipinski definition) is 3. The summed E-state index contributed by atoms with van der Waals surface area (Å²) in [4.78, 5) is 24.0. The van der Waals surface area contributed by atoms with Gasteiger partial charge in [0.2, 0.25) is 0 Å². The average molecular weight is 299 g/mol. The lowest BCUT2D eigenvalue weighted by Gasteiger charge is -2.31. The monoisotopic (exact) mass is 299 g/mol. The number of benzene rings is 1. The van der Waals surface area contributed by atoms with Crippen molar-refractivity contribution < 1.29 is 14.7 Å². The number of rotatable bonds is 5. The summed E-state index contributed by atoms with van der Waals surface area (Å²) in [5.41, 5.74) is -0.0966. The molecule has 0 atom stereocenters. The molecule has 0 bridgehead atoms. The summed E-state index contributed by atoms with van der Waals surface area (Å²) >= 11 is 0. The van der Waals surface area contributed by atoms with E-state index in [1.165, 1.54) is 0 Å². The fourth-order valence-corrected chi connectivity index (χ4v) is 3.00. The van der Waals surface area contributed by atoms with Crippen LogP contribution < -0.4 is 10.6 Å². The summed E-state index contributed by atoms with van der Waals surface area (Å²) in [6.07, 6.45) is 3.39. The van der Waals surface area contributed by atoms with E-state index in [4.69, 9.17) is 5.26 Å². The molecule has 1 aromatic rings. The lowest BCUT2D eigenvalue weighted by Crippen LogP contribution is -2.59. The van der Waals surface area contributed by atoms with Gasteiger partial charge in [-0.3, -0.25) is 0 Å². The fraction of sp³-hybridized carbons (Fsp3) is 0.438. The Bertz CT molecular complexity index is 628. The van der Waals surface area contributed by atoms with E-state index in [9.17, 15) is 14.7 Å². The Morgan fingerprint density at radius 1 is 1.14 bits per heavy atom. The molecule has 2 aliphatic carbocycles. The number of carbonyl (C=O) groups excluding carboxylic acids is 1. The zero-order valence-electron chi connectivity index (χ0n) is 12.0. The molecule has 6 heteroatoms. The molecule has 114 valence electrons. The predicted molar refractivity (Wildman–Crippen MR) is 79.1 cm³/mol. The van der Waals surface area contributed by atoms with E-state index in [2.05, 4.69) is 10.6 Å². The molecule has 3 N–H and O–H groups in total. The Balaban J connectivity index is 1.71. The van der Waals surface area contributed by atoms with E-state index in [1.54, 1.807) is 24.3 Å². The van der Waals surface area contributed by atoms with E-state index in [-0.39, 0.29) is 11.8 Å². The molecule has 0 unspecified atom stereocenters. The van der Waals surface area contributed by atoms with Crippen LogP contribution in [0, 0.1) is 23.2 Å². The van der Waals surface area contributed by atoms with E-state index in [0.717, 1.165) is 25.7 Å². The smallest absolute Gasteiger partial charge is 0.330 e. The van der Waals surface area contributed by atoms with Gasteiger partial charge in [-0.25, -0.2) is 9.59 Å². The molecule has 1 aromatic carbocycles. The second-order valence-corrected chi connectivity index (χ2v) is 5.99. The van der Waals surface area contributed by atoms with Gasteiger partial charge in [0.15, 0.2) is 0 Å². The maximum Gasteiger partial charge on any atom is 0.330 e. The highest BCUT2D eigenvalue weighted by atomic mass is 16.4. The van der Waals surface area contributed by atoms with Gasteiger partial charge in [0.1, 0.15) is 5.54 Å². The van der Waals surface area contributed by atoms with Gasteiger partial charge < -0.3 is 15.7 Å². The maximum absolute atomic E-state index is 12.2. The Morgan fingerprint density at radius 3 is 2.09 bits per heavy atom. The fourth-order valence-electron chi connectivity index (χ4n) is 3.00. The standard InChI is InChI=1S/C16H17N3O3/c17-9-10-1-7-13(8-2-10)18-15(22)19-16(14(20)21,11-3-4-11)12-5-6-12/h1-2,7-8,11-12H,3-6H2,(H,20,21)(H2,18,19,22). The van der Waals surface area contributed by atoms with Crippen molar-refractivity contribution in [3.8, 4) is 6.07 Å². The van der Waals surface area contributed by atoms with Gasteiger partial charge in [0, 0.05) is 5.69 Å². The van der Waals surface area contributed by atoms with E-state index >= 15 is 0 Å². The number of aliphatic carboxylic acids is 1. The highest BCUT2D eigenvalue weighted by Crippen LogP contribution is 2.52. The molecule has 0 aromatic heterocycles. The molecule has 6 nitrogen and oxygen atoms in total. The third-order valence-corrected chi connectivity index (χ3v) is 4.39. The molecule has 0 aliphatic heterocycles. The largest absolute Gasteiger partial charge is 0.479 e. The Kier molecular flexibility index (Phi) is 3.49. The lowest BCUT2D eigenvalue weighted by molar-refractivity contribution is -0.146. The van der Waals surface area contributed by atoms with Crippen LogP contribution in [0.2, 0.25) is 0 Å². The first-order chi connectivity index (χ1) is 10.6. The van der Waals surface area contributed by atoms with Crippen LogP contribution in [0.25, 0.3) is 0 Å². The van der Waals surface area contributed by atoms with Gasteiger partial charge in [-0.2, -0.15) is 5.26 Å². The zero-order valence-corrected chi connectivity index (χ0v) is 12.0. The zero-order chi connectivity index (χ0) is 15.7. The van der Waals surface area contributed by atoms with Crippen molar-refractivity contribution in [2.45, 2.75) is 31.2 Å². The molecule has 0 radical (unpaired) electrons. The van der Waals surface area contributed by atoms with E-state index in [1.807, 2.05) is 6.07 Å². The molecule has 2 saturated carbocycles. The van der Waals surface area contributed by atoms with Crippen LogP contribution in [0.4, 0.5) is 10.5 Å². The van der Waals surface area contributed by atoms with Crippen molar-refractivity contribution in [3.63, 3.8) is 0 Å². The number of nitrogens with one attached hydrogen (secondary N) is 2. The molecule has 22 heavy (non-hydrogen) atoms. The quantitative estimate of drug-likeness (QED) is 0.776. The summed E-state index contributed by atoms with van der Waals surface area (Å²) in [6.45, 7) is 0. The normalized spacial score (nSPS) is 17.4. The SMILES string of the molecule is N#Cc1ccc(NC(=O)NC(C(=O)O)(C2CC2)C2CC2)cc1. The Labute approximate surface area is 128 Å². The first-order valence-electron chi connectivity index (χ1n) is 7.39. The molecule has 0 spiro atoms. The number of amides is 2. The third-order valence-electron chi connectivity index (χ3n) is 4.39. The molecule has 2 fully saturated rings. The van der Waals surface area contributed by atoms with Crippen molar-refractivity contribution in [1.82, 2.24) is 5.32 Å². The number of urea groups is 1. The van der Waals surface area contributed by atoms with Crippen LogP contribution in [0.3, 0.4) is 0 Å². The Hall–Kier alpha value is -2.55. The van der Waals surface area contributed by atoms with Crippen LogP contribution in [0.1, 0.15) is 31.2 Å². The van der Waals surface area contributed by atoms with Crippen molar-refractivity contribution in [2.24, 2.45) is 11.8 Å². The first kappa shape index (κ1) is 14.4. The second kappa shape index (κ2) is 5.34. The van der Waals surface area contributed by atoms with Crippen molar-refractivity contribution in [1.29, 1.82) is 5.26 Å². The number of carbonyl (C=O) groups is 2. The summed E-state index contributed by atoms with van der Waals surface area (Å²) in [5, 5.41) is 23.8. The molecule has 2 amide bonds. The summed E-state index contributed by atoms with van der Waals surface area (Å²) < 4.78 is 0. The minimum atomic E-state index is -1.13. The van der Waals surface area contributed by atoms with Crippen LogP contribution in [0.5, 0.6) is 0 Å². The summed E-state index contributed by atoms with van der Waals surface area (Å²) in [7, 11) is 0. The molecule has 3 rings (SSSR count). The van der Waals surface area contributed by atoms with E-state index < -0.39 is 17.5 Å². The topological polar surface area (TPSA) is 102 Å². The van der Waals surface area contributed by atoms with Crippen molar-refractivity contribution in [3.05, 3.63) is 29.8 Å². The highest BCUT2D eigenvalue weighted by Gasteiger charge is 2.60. The highest BCUT2D eigenvalue weighted by molar-refractivity contribution is 5.94. The van der Waals surface area contributed by atoms with Crippen LogP contribution in [-0.2, 0) is 4.79 Å². The van der Waals surface area contributed by atoms with Gasteiger partial charge in [0.05, 0.1) is 11.6 Å². The predicted octanol–water partition coefficient (Wildman–Crippen LogP) is 2.32. The van der Waals surface area contributed by atoms with Crippen molar-refractivity contribution >= 4 is 17.7 Å². The van der Waals surface area contributed by atoms with Crippen LogP contribution >= 0.6 is 0 Å². The minimum absolute atomic E-state index is 0.0317. The van der Waals surface area contributed by atoms with Gasteiger partial charge >= 0.3 is 12.0 Å². The van der Waals surface area contributed by atoms with Gasteiger partial charge in [-0.05, 0) is 61.8 Å². The third kappa shape index (κ3) is 2.62. The average Bonchev–Trinajstić information content (AvgIpc) is 3.38. The number of hydrogen-bond acceptors (Lipinski definition) is 3. The number of nitrogens with zero attached hydrogens (tertiary/aromatic N) is 1. The number of carboxylic acids is 1. The van der Waals surface area contributed by atoms with Gasteiger partial charge in [0.25, 0.3) is 0 Å². The number of nitriles is 1. The lowest BCUT2D eigenvalue weighted by atomic mass is 9.87. The molecule has 0 heterocycles. The molecule has 0 saturated heterocycles. The number of anilines is 1. The van der Waals surface area contributed by atoms with Crippen molar-refractivity contribution in [2.75, 3.05) is 5.32 Å². The van der Waals surface area contributed by atoms with E-state index in [0.29, 0.717) is 11.3 Å². The molecular weight excluding hydrogens is 282 g/mol.